The van der Waals surface area contributed by atoms with Gasteiger partial charge in [-0.1, -0.05) is 183 Å². The fourth-order valence-corrected chi connectivity index (χ4v) is 6.37. The third-order valence-corrected chi connectivity index (χ3v) is 15.3. The van der Waals surface area contributed by atoms with Crippen LogP contribution in [0.1, 0.15) is 199 Å². The van der Waals surface area contributed by atoms with Crippen LogP contribution in [0.2, 0.25) is 0 Å². The first-order valence-electron chi connectivity index (χ1n) is 30.1. The number of nitrogens with two attached hydrogens (primary N) is 1. The molecule has 0 saturated heterocycles. The molecule has 545 valence electrons. The molecule has 12 atom stereocenters. The van der Waals surface area contributed by atoms with Gasteiger partial charge in [-0.25, -0.2) is 4.79 Å². The van der Waals surface area contributed by atoms with E-state index in [4.69, 9.17) is 32.7 Å². The largest absolute Gasteiger partial charge is 1.00 e. The molecule has 94 heavy (non-hydrogen) atoms. The molecular formula is C65H125BClFKNNaO21P2. The molecule has 29 heteroatoms. The molecule has 22 nitrogen and oxygen atoms in total. The molecule has 0 aromatic heterocycles. The van der Waals surface area contributed by atoms with Crippen molar-refractivity contribution in [3.63, 3.8) is 0 Å². The Bertz CT molecular complexity index is 2040. The SMILES string of the molecule is CC(C)=O.CC(C)[C@@H](C)C(=O)O.CC(C)[C@@H](C)C(=O)OP(F)P.CC(C)[C@@H](C)[C@@H](C)CC(=O)O.CC(C)[C@@H](N)C(=O)O.COC(=O)CC(=O)[C@H](C)C(C)C.COC(=O)C[C@H](C)[C@H](C)C(C)C.COC(=O)C[C@H](O)[C@H](C)C(C)C.O.O=C(Cl)OCc1ccccc1.[B].[H-].[K+].[Na+].[OH-]. The zero-order chi connectivity index (χ0) is 72.3. The van der Waals surface area contributed by atoms with Crippen LogP contribution < -0.4 is 86.7 Å². The number of hydrogen-bond acceptors (Lipinski definition) is 18. The van der Waals surface area contributed by atoms with E-state index in [-0.39, 0.29) is 198 Å². The summed E-state index contributed by atoms with van der Waals surface area (Å²) in [4.78, 5) is 105. The summed E-state index contributed by atoms with van der Waals surface area (Å²) in [5.41, 5.74) is 5.32. The molecule has 1 aromatic carbocycles. The van der Waals surface area contributed by atoms with Gasteiger partial charge in [-0.2, -0.15) is 4.20 Å². The smallest absolute Gasteiger partial charge is 1.00 e. The second kappa shape index (κ2) is 73.7. The van der Waals surface area contributed by atoms with Crippen molar-refractivity contribution in [2.24, 2.45) is 94.5 Å². The van der Waals surface area contributed by atoms with Gasteiger partial charge in [0, 0.05) is 38.8 Å². The van der Waals surface area contributed by atoms with Crippen molar-refractivity contribution in [1.82, 2.24) is 0 Å². The molecule has 1 rings (SSSR count). The summed E-state index contributed by atoms with van der Waals surface area (Å²) >= 11 is 4.97. The van der Waals surface area contributed by atoms with Crippen molar-refractivity contribution in [2.45, 2.75) is 211 Å². The number of aliphatic hydroxyl groups excluding tert-OH is 1. The minimum absolute atomic E-state index is 0. The summed E-state index contributed by atoms with van der Waals surface area (Å²) in [6.07, 6.45) is 0.235. The number of rotatable bonds is 25. The number of benzene rings is 1. The zero-order valence-electron chi connectivity index (χ0n) is 63.5. The van der Waals surface area contributed by atoms with E-state index in [2.05, 4.69) is 71.9 Å². The summed E-state index contributed by atoms with van der Waals surface area (Å²) in [6.45, 7) is 46.6. The number of methoxy groups -OCH3 is 3. The van der Waals surface area contributed by atoms with Crippen molar-refractivity contribution in [2.75, 3.05) is 21.3 Å². The molecule has 0 saturated carbocycles. The predicted octanol–water partition coefficient (Wildman–Crippen LogP) is 7.69. The Kier molecular flexibility index (Phi) is 95.6. The summed E-state index contributed by atoms with van der Waals surface area (Å²) < 4.78 is 34.6. The second-order valence-corrected chi connectivity index (χ2v) is 26.6. The van der Waals surface area contributed by atoms with Crippen molar-refractivity contribution >= 4 is 95.9 Å². The summed E-state index contributed by atoms with van der Waals surface area (Å²) in [7, 11) is 3.76. The maximum absolute atomic E-state index is 12.2. The quantitative estimate of drug-likeness (QED) is 0.0156. The van der Waals surface area contributed by atoms with Gasteiger partial charge in [-0.15, -0.1) is 0 Å². The molecule has 0 spiro atoms. The van der Waals surface area contributed by atoms with Crippen molar-refractivity contribution in [3.8, 4) is 0 Å². The standard InChI is InChI=1S/C10H20O2.C9H18O3.C9H16O3.C9H18O2.C8H7ClO2.C6H13FO2P2.C6H12O2.C5H11NO2.C3H6O.B.K.Na.2H2O.H/c1-7(2)9(4)8(3)6-10(11)12-5;2*1-6(2)7(3)8(10)5-9(11)12-4;1-6(2)8(4)7(3)5-9(10)11;9-8(10)11-6-7-4-2-1-3-5-7;1-4(2)5(3)6(8)9-11(7)10;1-4(2)5(3)6(7)8;1-3(2)4(6)5(7)8;1-3(2)4;;;;;;/h7-9H,6H2,1-5H3;6-8,10H,5H2,1-4H3;6-7H,5H2,1-4H3;6-8H,5H2,1-4H3,(H,10,11);1-5H,6H2;4-5H,10H2,1-3H3;4-5H,1-3H3,(H,7,8);3-4H,6H2,1-2H3,(H,7,8);1-2H3;;;;2*1H2;/q;;;;;;;;;;2*+1;;;-1/p-1/t8-,9+;7-,8+;7-;7-,8+;;5-,11?;5-;4-;;;;;;;/m0110.111......./s1. The minimum atomic E-state index is -2.13. The van der Waals surface area contributed by atoms with E-state index in [9.17, 15) is 57.2 Å². The van der Waals surface area contributed by atoms with Crippen LogP contribution in [0.3, 0.4) is 0 Å². The van der Waals surface area contributed by atoms with E-state index < -0.39 is 55.6 Å². The van der Waals surface area contributed by atoms with Crippen LogP contribution in [0.15, 0.2) is 30.3 Å². The van der Waals surface area contributed by atoms with E-state index in [1.807, 2.05) is 115 Å². The number of carboxylic acids is 3. The molecule has 0 aliphatic carbocycles. The van der Waals surface area contributed by atoms with Crippen molar-refractivity contribution in [1.29, 1.82) is 0 Å². The molecule has 0 heterocycles. The minimum Gasteiger partial charge on any atom is -1.00 e. The number of hydrogen-bond donors (Lipinski definition) is 5. The Labute approximate surface area is 641 Å². The van der Waals surface area contributed by atoms with Crippen LogP contribution in [0.4, 0.5) is 8.99 Å². The number of ether oxygens (including phenoxy) is 4. The fraction of sp³-hybridized carbons (Fsp3) is 0.754. The number of carbonyl (C=O) groups excluding carboxylic acids is 7. The summed E-state index contributed by atoms with van der Waals surface area (Å²) in [5.74, 6) is 0.144. The van der Waals surface area contributed by atoms with Gasteiger partial charge in [0.25, 0.3) is 8.15 Å². The topological polar surface area (TPSA) is 385 Å². The van der Waals surface area contributed by atoms with Gasteiger partial charge < -0.3 is 66.8 Å². The maximum atomic E-state index is 12.2. The Balaban J connectivity index is -0.0000000648. The monoisotopic (exact) mass is 1440 g/mol. The third kappa shape index (κ3) is 82.4. The normalized spacial score (nSPS) is 13.2. The van der Waals surface area contributed by atoms with Crippen LogP contribution in [0.25, 0.3) is 0 Å². The predicted molar refractivity (Wildman–Crippen MR) is 369 cm³/mol. The Morgan fingerprint density at radius 1 is 0.564 bits per heavy atom. The van der Waals surface area contributed by atoms with Crippen LogP contribution >= 0.6 is 28.7 Å². The number of esters is 3. The van der Waals surface area contributed by atoms with Crippen molar-refractivity contribution in [3.05, 3.63) is 35.9 Å². The van der Waals surface area contributed by atoms with E-state index in [0.717, 1.165) is 5.56 Å². The van der Waals surface area contributed by atoms with E-state index >= 15 is 0 Å². The maximum Gasteiger partial charge on any atom is 1.00 e. The van der Waals surface area contributed by atoms with Gasteiger partial charge in [0.1, 0.15) is 30.6 Å². The van der Waals surface area contributed by atoms with Gasteiger partial charge in [-0.3, -0.25) is 38.4 Å². The molecule has 0 fully saturated rings. The number of carboxylic acid groups (broad SMARTS) is 3. The Hall–Kier alpha value is -2.06. The second-order valence-electron chi connectivity index (χ2n) is 24.4. The van der Waals surface area contributed by atoms with Gasteiger partial charge in [0.2, 0.25) is 0 Å². The molecule has 1 aromatic rings. The summed E-state index contributed by atoms with van der Waals surface area (Å²) in [6, 6.07) is 8.65. The number of carbonyl (C=O) groups is 10. The first-order valence-corrected chi connectivity index (χ1v) is 33.2. The van der Waals surface area contributed by atoms with Gasteiger partial charge in [0.05, 0.1) is 45.7 Å². The number of ketones is 2. The van der Waals surface area contributed by atoms with E-state index in [0.29, 0.717) is 48.3 Å². The van der Waals surface area contributed by atoms with E-state index in [1.165, 1.54) is 35.2 Å². The van der Waals surface area contributed by atoms with Gasteiger partial charge in [-0.05, 0) is 99.4 Å². The first kappa shape index (κ1) is 122. The average Bonchev–Trinajstić information content (AvgIpc) is 1.93. The van der Waals surface area contributed by atoms with Crippen LogP contribution in [0.5, 0.6) is 0 Å². The molecular weight excluding hydrogens is 1320 g/mol. The molecule has 0 aliphatic heterocycles. The van der Waals surface area contributed by atoms with Crippen molar-refractivity contribution < 1.29 is 189 Å². The molecule has 0 bridgehead atoms. The zero-order valence-corrected chi connectivity index (χ0v) is 70.5. The number of aliphatic hydroxyl groups is 1. The molecule has 2 unspecified atom stereocenters. The molecule has 0 amide bonds. The average molecular weight is 1450 g/mol. The third-order valence-electron chi connectivity index (χ3n) is 14.6. The Morgan fingerprint density at radius 3 is 1.15 bits per heavy atom. The number of Topliss-reactive ketones (excluding diaryl/α,β-unsaturated/α-hetero) is 2. The molecule has 9 N–H and O–H groups in total. The summed E-state index contributed by atoms with van der Waals surface area (Å²) in [5, 5.41) is 34.6. The van der Waals surface area contributed by atoms with Gasteiger partial charge >= 0.3 is 128 Å². The Morgan fingerprint density at radius 2 is 0.904 bits per heavy atom. The van der Waals surface area contributed by atoms with Gasteiger partial charge in [0.15, 0.2) is 0 Å². The van der Waals surface area contributed by atoms with Crippen LogP contribution in [-0.4, -0.2) is 132 Å². The van der Waals surface area contributed by atoms with E-state index in [1.54, 1.807) is 27.7 Å². The molecule has 0 aliphatic rings. The van der Waals surface area contributed by atoms with Crippen LogP contribution in [0, 0.1) is 88.8 Å². The number of aliphatic carboxylic acids is 3. The fourth-order valence-electron chi connectivity index (χ4n) is 5.66. The molecule has 3 radical (unpaired) electrons. The number of halogens is 2. The van der Waals surface area contributed by atoms with Crippen LogP contribution in [-0.2, 0) is 73.2 Å². The first-order chi connectivity index (χ1) is 40.5.